The quantitative estimate of drug-likeness (QED) is 0.296. The van der Waals surface area contributed by atoms with Gasteiger partial charge in [0.05, 0.1) is 17.9 Å². The van der Waals surface area contributed by atoms with Gasteiger partial charge in [-0.25, -0.2) is 0 Å². The fourth-order valence-corrected chi connectivity index (χ4v) is 5.08. The summed E-state index contributed by atoms with van der Waals surface area (Å²) in [4.78, 5) is 25.7. The number of thiophene rings is 1. The lowest BCUT2D eigenvalue weighted by molar-refractivity contribution is -0.142. The lowest BCUT2D eigenvalue weighted by atomic mass is 9.95. The van der Waals surface area contributed by atoms with Crippen molar-refractivity contribution in [1.29, 1.82) is 0 Å². The summed E-state index contributed by atoms with van der Waals surface area (Å²) in [5, 5.41) is 2.80. The molecule has 6 heteroatoms. The second-order valence-electron chi connectivity index (χ2n) is 9.05. The largest absolute Gasteiger partial charge is 0.485 e. The van der Waals surface area contributed by atoms with Crippen LogP contribution >= 0.6 is 11.3 Å². The van der Waals surface area contributed by atoms with Crippen molar-refractivity contribution in [3.63, 3.8) is 0 Å². The third-order valence-corrected chi connectivity index (χ3v) is 6.80. The van der Waals surface area contributed by atoms with Crippen molar-refractivity contribution < 1.29 is 19.1 Å². The van der Waals surface area contributed by atoms with Gasteiger partial charge in [0.2, 0.25) is 0 Å². The Labute approximate surface area is 212 Å². The molecule has 0 radical (unpaired) electrons. The lowest BCUT2D eigenvalue weighted by Crippen LogP contribution is -2.25. The first-order valence-corrected chi connectivity index (χ1v) is 13.0. The summed E-state index contributed by atoms with van der Waals surface area (Å²) in [5.74, 6) is 0.760. The van der Waals surface area contributed by atoms with Crippen LogP contribution in [-0.2, 0) is 9.53 Å². The van der Waals surface area contributed by atoms with Gasteiger partial charge < -0.3 is 14.8 Å². The van der Waals surface area contributed by atoms with Gasteiger partial charge in [0.15, 0.2) is 0 Å². The van der Waals surface area contributed by atoms with Crippen LogP contribution < -0.4 is 10.1 Å². The Morgan fingerprint density at radius 2 is 1.69 bits per heavy atom. The molecule has 5 nitrogen and oxygen atoms in total. The molecular formula is C29H35NO4S. The van der Waals surface area contributed by atoms with Crippen molar-refractivity contribution in [2.45, 2.75) is 53.6 Å². The molecule has 0 spiro atoms. The summed E-state index contributed by atoms with van der Waals surface area (Å²) in [5.41, 5.74) is 4.77. The van der Waals surface area contributed by atoms with Crippen LogP contribution in [0.3, 0.4) is 0 Å². The van der Waals surface area contributed by atoms with E-state index in [1.807, 2.05) is 18.2 Å². The molecule has 0 aliphatic heterocycles. The molecule has 1 atom stereocenters. The van der Waals surface area contributed by atoms with Gasteiger partial charge in [-0.1, -0.05) is 44.2 Å². The molecule has 0 saturated carbocycles. The minimum atomic E-state index is -0.311. The Morgan fingerprint density at radius 1 is 1.00 bits per heavy atom. The van der Waals surface area contributed by atoms with Crippen molar-refractivity contribution in [3.8, 4) is 16.9 Å². The second-order valence-corrected chi connectivity index (χ2v) is 10.2. The van der Waals surface area contributed by atoms with Gasteiger partial charge in [-0.2, -0.15) is 0 Å². The number of nitrogens with one attached hydrogen (secondary N) is 1. The van der Waals surface area contributed by atoms with E-state index in [1.54, 1.807) is 6.92 Å². The number of carbonyl (C=O) groups excluding carboxylic acids is 2. The maximum Gasteiger partial charge on any atom is 0.307 e. The normalized spacial score (nSPS) is 11.8. The molecule has 0 aliphatic rings. The maximum absolute atomic E-state index is 12.6. The molecule has 2 aromatic carbocycles. The third-order valence-electron chi connectivity index (χ3n) is 5.62. The lowest BCUT2D eigenvalue weighted by Gasteiger charge is -2.21. The highest BCUT2D eigenvalue weighted by atomic mass is 32.1. The first kappa shape index (κ1) is 26.5. The number of rotatable bonds is 11. The molecule has 0 aliphatic carbocycles. The number of esters is 1. The number of ether oxygens (including phenoxy) is 2. The number of carbonyl (C=O) groups is 2. The van der Waals surface area contributed by atoms with Gasteiger partial charge in [-0.3, -0.25) is 9.59 Å². The Bertz CT molecular complexity index is 1110. The molecule has 0 saturated heterocycles. The zero-order valence-corrected chi connectivity index (χ0v) is 22.0. The van der Waals surface area contributed by atoms with E-state index in [2.05, 4.69) is 69.4 Å². The van der Waals surface area contributed by atoms with Crippen LogP contribution in [0.1, 0.15) is 65.4 Å². The van der Waals surface area contributed by atoms with E-state index >= 15 is 0 Å². The first-order valence-electron chi connectivity index (χ1n) is 12.1. The molecule has 1 amide bonds. The predicted octanol–water partition coefficient (Wildman–Crippen LogP) is 6.88. The summed E-state index contributed by atoms with van der Waals surface area (Å²) in [6.45, 7) is 10.9. The van der Waals surface area contributed by atoms with Crippen LogP contribution in [0, 0.1) is 19.8 Å². The fraction of sp³-hybridized carbons (Fsp3) is 0.379. The Balaban J connectivity index is 1.74. The molecular weight excluding hydrogens is 458 g/mol. The van der Waals surface area contributed by atoms with Crippen LogP contribution in [0.2, 0.25) is 0 Å². The molecule has 1 heterocycles. The Hall–Kier alpha value is -3.12. The Kier molecular flexibility index (Phi) is 9.49. The van der Waals surface area contributed by atoms with Gasteiger partial charge in [-0.15, -0.1) is 11.3 Å². The molecule has 186 valence electrons. The van der Waals surface area contributed by atoms with Crippen LogP contribution in [0.25, 0.3) is 11.1 Å². The second kappa shape index (κ2) is 12.5. The average Bonchev–Trinajstić information content (AvgIpc) is 3.29. The zero-order chi connectivity index (χ0) is 25.4. The van der Waals surface area contributed by atoms with Crippen molar-refractivity contribution in [2.75, 3.05) is 13.2 Å². The van der Waals surface area contributed by atoms with E-state index in [4.69, 9.17) is 9.47 Å². The SMILES string of the molecule is CCOC(=O)CCNC(=O)c1ccc([C@@H](CC(C)C)Oc2cc(C)c(-c3ccccc3)c(C)c2)s1. The van der Waals surface area contributed by atoms with Crippen LogP contribution in [0.4, 0.5) is 0 Å². The number of hydrogen-bond acceptors (Lipinski definition) is 5. The van der Waals surface area contributed by atoms with Crippen molar-refractivity contribution in [2.24, 2.45) is 5.92 Å². The average molecular weight is 494 g/mol. The van der Waals surface area contributed by atoms with E-state index < -0.39 is 0 Å². The van der Waals surface area contributed by atoms with E-state index in [-0.39, 0.29) is 30.9 Å². The number of amides is 1. The van der Waals surface area contributed by atoms with Crippen LogP contribution in [0.5, 0.6) is 5.75 Å². The highest BCUT2D eigenvalue weighted by molar-refractivity contribution is 7.14. The summed E-state index contributed by atoms with van der Waals surface area (Å²) in [6.07, 6.45) is 0.847. The predicted molar refractivity (Wildman–Crippen MR) is 142 cm³/mol. The summed E-state index contributed by atoms with van der Waals surface area (Å²) in [6, 6.07) is 18.4. The zero-order valence-electron chi connectivity index (χ0n) is 21.2. The van der Waals surface area contributed by atoms with Gasteiger partial charge in [0.1, 0.15) is 11.9 Å². The summed E-state index contributed by atoms with van der Waals surface area (Å²) in [7, 11) is 0. The van der Waals surface area contributed by atoms with E-state index in [9.17, 15) is 9.59 Å². The summed E-state index contributed by atoms with van der Waals surface area (Å²) < 4.78 is 11.4. The molecule has 0 fully saturated rings. The summed E-state index contributed by atoms with van der Waals surface area (Å²) >= 11 is 1.43. The molecule has 1 N–H and O–H groups in total. The van der Waals surface area contributed by atoms with E-state index in [1.165, 1.54) is 33.6 Å². The molecule has 0 unspecified atom stereocenters. The van der Waals surface area contributed by atoms with Gasteiger partial charge in [0.25, 0.3) is 5.91 Å². The first-order chi connectivity index (χ1) is 16.8. The number of hydrogen-bond donors (Lipinski definition) is 1. The molecule has 0 bridgehead atoms. The third kappa shape index (κ3) is 7.43. The molecule has 35 heavy (non-hydrogen) atoms. The Morgan fingerprint density at radius 3 is 2.31 bits per heavy atom. The number of benzene rings is 2. The van der Waals surface area contributed by atoms with Crippen molar-refractivity contribution in [1.82, 2.24) is 5.32 Å². The van der Waals surface area contributed by atoms with Crippen LogP contribution in [0.15, 0.2) is 54.6 Å². The van der Waals surface area contributed by atoms with Crippen molar-refractivity contribution in [3.05, 3.63) is 75.5 Å². The van der Waals surface area contributed by atoms with Gasteiger partial charge >= 0.3 is 5.97 Å². The van der Waals surface area contributed by atoms with E-state index in [0.717, 1.165) is 17.0 Å². The highest BCUT2D eigenvalue weighted by Gasteiger charge is 2.21. The van der Waals surface area contributed by atoms with Gasteiger partial charge in [-0.05, 0) is 79.6 Å². The van der Waals surface area contributed by atoms with Crippen molar-refractivity contribution >= 4 is 23.2 Å². The smallest absolute Gasteiger partial charge is 0.307 e. The highest BCUT2D eigenvalue weighted by Crippen LogP contribution is 2.36. The van der Waals surface area contributed by atoms with Gasteiger partial charge in [0, 0.05) is 11.4 Å². The van der Waals surface area contributed by atoms with E-state index in [0.29, 0.717) is 17.4 Å². The molecule has 1 aromatic heterocycles. The topological polar surface area (TPSA) is 64.6 Å². The maximum atomic E-state index is 12.6. The standard InChI is InChI=1S/C29H35NO4S/c1-6-33-27(31)14-15-30-29(32)26-13-12-25(35-26)24(16-19(2)3)34-23-17-20(4)28(21(5)18-23)22-10-8-7-9-11-22/h7-13,17-19,24H,6,14-16H2,1-5H3,(H,30,32)/t24-/m1/s1. The molecule has 3 aromatic rings. The fourth-order valence-electron chi connectivity index (χ4n) is 4.11. The minimum Gasteiger partial charge on any atom is -0.485 e. The minimum absolute atomic E-state index is 0.151. The number of aryl methyl sites for hydroxylation is 2. The molecule has 3 rings (SSSR count). The monoisotopic (exact) mass is 493 g/mol. The van der Waals surface area contributed by atoms with Crippen LogP contribution in [-0.4, -0.2) is 25.0 Å².